The van der Waals surface area contributed by atoms with E-state index < -0.39 is 39.5 Å². The molecule has 140 valence electrons. The quantitative estimate of drug-likeness (QED) is 0.536. The van der Waals surface area contributed by atoms with Crippen LogP contribution in [0.2, 0.25) is 58.9 Å². The minimum atomic E-state index is -3.16. The first-order valence-corrected chi connectivity index (χ1v) is 20.5. The Bertz CT molecular complexity index is 306. The van der Waals surface area contributed by atoms with Gasteiger partial charge >= 0.3 is 8.80 Å². The van der Waals surface area contributed by atoms with Gasteiger partial charge < -0.3 is 22.2 Å². The highest BCUT2D eigenvalue weighted by Crippen LogP contribution is 2.29. The molecule has 1 N–H and O–H groups in total. The molecule has 0 aromatic heterocycles. The van der Waals surface area contributed by atoms with Crippen molar-refractivity contribution in [3.05, 3.63) is 0 Å². The molecule has 1 unspecified atom stereocenters. The summed E-state index contributed by atoms with van der Waals surface area (Å²) in [6.45, 7) is 21.6. The lowest BCUT2D eigenvalue weighted by atomic mass is 10.5. The molecule has 0 aliphatic heterocycles. The average Bonchev–Trinajstić information content (AvgIpc) is 2.21. The minimum Gasteiger partial charge on any atom is -0.415 e. The van der Waals surface area contributed by atoms with E-state index in [0.29, 0.717) is 6.61 Å². The van der Waals surface area contributed by atoms with Crippen molar-refractivity contribution < 1.29 is 22.2 Å². The Balaban J connectivity index is 5.87. The van der Waals surface area contributed by atoms with E-state index in [9.17, 15) is 5.11 Å². The van der Waals surface area contributed by atoms with Crippen LogP contribution in [0.25, 0.3) is 0 Å². The van der Waals surface area contributed by atoms with E-state index in [1.165, 1.54) is 0 Å². The monoisotopic (exact) mass is 398 g/mol. The summed E-state index contributed by atoms with van der Waals surface area (Å²) in [6.07, 6.45) is 0.883. The lowest BCUT2D eigenvalue weighted by Gasteiger charge is -2.45. The second kappa shape index (κ2) is 8.85. The Hall–Kier alpha value is 0.668. The Kier molecular flexibility index (Phi) is 9.11. The van der Waals surface area contributed by atoms with Gasteiger partial charge in [0.2, 0.25) is 0 Å². The maximum atomic E-state index is 9.99. The first-order chi connectivity index (χ1) is 10.1. The zero-order valence-electron chi connectivity index (χ0n) is 16.8. The van der Waals surface area contributed by atoms with Crippen LogP contribution in [0, 0.1) is 0 Å². The van der Waals surface area contributed by atoms with Gasteiger partial charge in [-0.25, -0.2) is 0 Å². The molecule has 0 aliphatic carbocycles. The van der Waals surface area contributed by atoms with Crippen molar-refractivity contribution >= 4 is 33.8 Å². The second-order valence-electron chi connectivity index (χ2n) is 8.79. The van der Waals surface area contributed by atoms with Crippen LogP contribution in [-0.2, 0) is 17.1 Å². The predicted molar refractivity (Wildman–Crippen MR) is 106 cm³/mol. The second-order valence-corrected chi connectivity index (χ2v) is 25.8. The molecule has 0 saturated carbocycles. The number of rotatable bonds is 11. The van der Waals surface area contributed by atoms with E-state index >= 15 is 0 Å². The van der Waals surface area contributed by atoms with E-state index in [0.717, 1.165) is 6.42 Å². The van der Waals surface area contributed by atoms with Gasteiger partial charge in [-0.05, 0) is 65.3 Å². The van der Waals surface area contributed by atoms with Gasteiger partial charge in [0.15, 0.2) is 25.0 Å². The molecular formula is C14H38O5Si4. The van der Waals surface area contributed by atoms with Crippen LogP contribution in [0.5, 0.6) is 0 Å². The standard InChI is InChI=1S/C14H38O5Si4/c1-11-12-16-14(13-15)23(17-20(2,3)4,18-21(5,6)7)19-22(8,9)10/h14-15H,11-13H2,1-10H3. The van der Waals surface area contributed by atoms with Gasteiger partial charge in [-0.1, -0.05) is 6.92 Å². The van der Waals surface area contributed by atoms with E-state index in [-0.39, 0.29) is 6.61 Å². The number of aliphatic hydroxyl groups is 1. The highest BCUT2D eigenvalue weighted by molar-refractivity contribution is 6.90. The molecule has 23 heavy (non-hydrogen) atoms. The molecule has 0 heterocycles. The average molecular weight is 399 g/mol. The van der Waals surface area contributed by atoms with Gasteiger partial charge in [0, 0.05) is 6.61 Å². The Labute approximate surface area is 147 Å². The maximum absolute atomic E-state index is 9.99. The van der Waals surface area contributed by atoms with Gasteiger partial charge in [-0.3, -0.25) is 0 Å². The van der Waals surface area contributed by atoms with Crippen molar-refractivity contribution in [3.8, 4) is 0 Å². The van der Waals surface area contributed by atoms with Gasteiger partial charge in [0.1, 0.15) is 5.73 Å². The molecule has 0 rings (SSSR count). The minimum absolute atomic E-state index is 0.133. The summed E-state index contributed by atoms with van der Waals surface area (Å²) in [5.41, 5.74) is -0.507. The van der Waals surface area contributed by atoms with E-state index in [1.807, 2.05) is 0 Å². The first kappa shape index (κ1) is 23.7. The zero-order valence-corrected chi connectivity index (χ0v) is 20.8. The summed E-state index contributed by atoms with van der Waals surface area (Å²) in [4.78, 5) is 0. The van der Waals surface area contributed by atoms with Crippen molar-refractivity contribution in [1.29, 1.82) is 0 Å². The molecule has 0 bridgehead atoms. The molecule has 0 radical (unpaired) electrons. The normalized spacial score (nSPS) is 15.8. The van der Waals surface area contributed by atoms with Crippen LogP contribution in [0.4, 0.5) is 0 Å². The lowest BCUT2D eigenvalue weighted by Crippen LogP contribution is -2.68. The molecule has 0 amide bonds. The number of hydrogen-bond acceptors (Lipinski definition) is 5. The van der Waals surface area contributed by atoms with Gasteiger partial charge in [-0.2, -0.15) is 0 Å². The van der Waals surface area contributed by atoms with Crippen LogP contribution < -0.4 is 0 Å². The number of aliphatic hydroxyl groups excluding tert-OH is 1. The van der Waals surface area contributed by atoms with Crippen molar-refractivity contribution in [3.63, 3.8) is 0 Å². The van der Waals surface area contributed by atoms with Crippen LogP contribution in [0.15, 0.2) is 0 Å². The van der Waals surface area contributed by atoms with Crippen molar-refractivity contribution in [2.45, 2.75) is 78.0 Å². The molecular weight excluding hydrogens is 360 g/mol. The fraction of sp³-hybridized carbons (Fsp3) is 1.00. The molecule has 5 nitrogen and oxygen atoms in total. The number of ether oxygens (including phenoxy) is 1. The fourth-order valence-electron chi connectivity index (χ4n) is 2.07. The molecule has 0 spiro atoms. The van der Waals surface area contributed by atoms with E-state index in [2.05, 4.69) is 65.8 Å². The predicted octanol–water partition coefficient (Wildman–Crippen LogP) is 3.81. The Morgan fingerprint density at radius 1 is 0.739 bits per heavy atom. The van der Waals surface area contributed by atoms with Crippen molar-refractivity contribution in [1.82, 2.24) is 0 Å². The molecule has 0 saturated heterocycles. The topological polar surface area (TPSA) is 57.2 Å². The van der Waals surface area contributed by atoms with Gasteiger partial charge in [0.25, 0.3) is 0 Å². The first-order valence-electron chi connectivity index (χ1n) is 8.47. The Morgan fingerprint density at radius 2 is 1.09 bits per heavy atom. The highest BCUT2D eigenvalue weighted by atomic mass is 28.5. The maximum Gasteiger partial charge on any atom is 0.502 e. The number of hydrogen-bond donors (Lipinski definition) is 1. The molecule has 0 aromatic carbocycles. The molecule has 0 aromatic rings. The van der Waals surface area contributed by atoms with Gasteiger partial charge in [0.05, 0.1) is 6.61 Å². The summed E-state index contributed by atoms with van der Waals surface area (Å²) in [5, 5.41) is 9.99. The van der Waals surface area contributed by atoms with Crippen molar-refractivity contribution in [2.24, 2.45) is 0 Å². The zero-order chi connectivity index (χ0) is 18.5. The lowest BCUT2D eigenvalue weighted by molar-refractivity contribution is 0.0170. The van der Waals surface area contributed by atoms with Crippen LogP contribution in [0.1, 0.15) is 13.3 Å². The van der Waals surface area contributed by atoms with Crippen LogP contribution in [-0.4, -0.2) is 57.8 Å². The SMILES string of the molecule is CCCOC(CO)[Si](O[Si](C)(C)C)(O[Si](C)(C)C)O[Si](C)(C)C. The third-order valence-corrected chi connectivity index (χ3v) is 14.3. The van der Waals surface area contributed by atoms with Gasteiger partial charge in [-0.15, -0.1) is 0 Å². The summed E-state index contributed by atoms with van der Waals surface area (Å²) >= 11 is 0. The third-order valence-electron chi connectivity index (χ3n) is 2.43. The summed E-state index contributed by atoms with van der Waals surface area (Å²) in [7, 11) is -8.99. The summed E-state index contributed by atoms with van der Waals surface area (Å²) in [6, 6.07) is 0. The fourth-order valence-corrected chi connectivity index (χ4v) is 16.1. The summed E-state index contributed by atoms with van der Waals surface area (Å²) in [5.74, 6) is 0. The third kappa shape index (κ3) is 10.3. The van der Waals surface area contributed by atoms with E-state index in [1.54, 1.807) is 0 Å². The largest absolute Gasteiger partial charge is 0.502 e. The Morgan fingerprint density at radius 3 is 1.30 bits per heavy atom. The highest BCUT2D eigenvalue weighted by Gasteiger charge is 2.56. The summed E-state index contributed by atoms with van der Waals surface area (Å²) < 4.78 is 25.6. The molecule has 0 fully saturated rings. The molecule has 9 heteroatoms. The van der Waals surface area contributed by atoms with Crippen LogP contribution in [0.3, 0.4) is 0 Å². The smallest absolute Gasteiger partial charge is 0.415 e. The van der Waals surface area contributed by atoms with E-state index in [4.69, 9.17) is 17.1 Å². The van der Waals surface area contributed by atoms with Crippen LogP contribution >= 0.6 is 0 Å². The molecule has 0 aliphatic rings. The molecule has 1 atom stereocenters. The van der Waals surface area contributed by atoms with Crippen molar-refractivity contribution in [2.75, 3.05) is 13.2 Å².